The first kappa shape index (κ1) is 20.8. The fraction of sp³-hybridized carbons (Fsp3) is 0.160. The number of rotatable bonds is 7. The molecule has 3 aromatic rings. The second-order valence-electron chi connectivity index (χ2n) is 7.20. The standard InChI is InChI=1S/C25H22ClN3O2/c1-2-28(16-13-18-11-14-27-15-12-18)23-22(19-7-4-3-5-8-19)24(30)29(25(23)31)21-10-6-9-20(26)17-21/h3-12,14-15,17H,2,13,16H2,1H3. The smallest absolute Gasteiger partial charge is 0.282 e. The normalized spacial score (nSPS) is 13.8. The van der Waals surface area contributed by atoms with Crippen molar-refractivity contribution in [3.63, 3.8) is 0 Å². The van der Waals surface area contributed by atoms with Crippen LogP contribution in [0.25, 0.3) is 5.57 Å². The van der Waals surface area contributed by atoms with Gasteiger partial charge in [0.1, 0.15) is 5.70 Å². The van der Waals surface area contributed by atoms with E-state index in [1.165, 1.54) is 4.90 Å². The lowest BCUT2D eigenvalue weighted by molar-refractivity contribution is -0.120. The number of carbonyl (C=O) groups is 2. The van der Waals surface area contributed by atoms with Gasteiger partial charge in [-0.05, 0) is 54.8 Å². The van der Waals surface area contributed by atoms with Crippen LogP contribution in [-0.4, -0.2) is 34.8 Å². The maximum atomic E-state index is 13.6. The lowest BCUT2D eigenvalue weighted by atomic mass is 10.0. The van der Waals surface area contributed by atoms with E-state index in [-0.39, 0.29) is 11.8 Å². The zero-order valence-corrected chi connectivity index (χ0v) is 17.9. The van der Waals surface area contributed by atoms with Crippen molar-refractivity contribution < 1.29 is 9.59 Å². The van der Waals surface area contributed by atoms with Crippen LogP contribution in [0.1, 0.15) is 18.1 Å². The summed E-state index contributed by atoms with van der Waals surface area (Å²) in [5.41, 5.74) is 3.16. The summed E-state index contributed by atoms with van der Waals surface area (Å²) in [6.45, 7) is 3.19. The van der Waals surface area contributed by atoms with Crippen molar-refractivity contribution in [2.75, 3.05) is 18.0 Å². The zero-order chi connectivity index (χ0) is 21.8. The van der Waals surface area contributed by atoms with Gasteiger partial charge in [-0.15, -0.1) is 0 Å². The van der Waals surface area contributed by atoms with Gasteiger partial charge in [-0.25, -0.2) is 4.90 Å². The van der Waals surface area contributed by atoms with Crippen molar-refractivity contribution in [2.45, 2.75) is 13.3 Å². The van der Waals surface area contributed by atoms with E-state index in [9.17, 15) is 9.59 Å². The van der Waals surface area contributed by atoms with Gasteiger partial charge < -0.3 is 4.90 Å². The van der Waals surface area contributed by atoms with Crippen LogP contribution >= 0.6 is 11.6 Å². The molecule has 0 bridgehead atoms. The summed E-state index contributed by atoms with van der Waals surface area (Å²) in [7, 11) is 0. The highest BCUT2D eigenvalue weighted by Gasteiger charge is 2.42. The highest BCUT2D eigenvalue weighted by molar-refractivity contribution is 6.45. The van der Waals surface area contributed by atoms with Gasteiger partial charge in [0, 0.05) is 30.5 Å². The van der Waals surface area contributed by atoms with Gasteiger partial charge in [0.2, 0.25) is 0 Å². The quantitative estimate of drug-likeness (QED) is 0.514. The van der Waals surface area contributed by atoms with E-state index in [4.69, 9.17) is 11.6 Å². The van der Waals surface area contributed by atoms with E-state index in [0.29, 0.717) is 35.1 Å². The molecule has 1 aliphatic heterocycles. The van der Waals surface area contributed by atoms with Crippen LogP contribution in [0.5, 0.6) is 0 Å². The maximum Gasteiger partial charge on any atom is 0.282 e. The average molecular weight is 432 g/mol. The van der Waals surface area contributed by atoms with Crippen molar-refractivity contribution in [3.05, 3.63) is 101 Å². The Morgan fingerprint density at radius 1 is 0.935 bits per heavy atom. The number of likely N-dealkylation sites (N-methyl/N-ethyl adjacent to an activating group) is 1. The Kier molecular flexibility index (Phi) is 6.14. The molecular weight excluding hydrogens is 410 g/mol. The Morgan fingerprint density at radius 2 is 1.68 bits per heavy atom. The largest absolute Gasteiger partial charge is 0.366 e. The van der Waals surface area contributed by atoms with Gasteiger partial charge in [0.25, 0.3) is 11.8 Å². The summed E-state index contributed by atoms with van der Waals surface area (Å²) in [6.07, 6.45) is 4.25. The van der Waals surface area contributed by atoms with Crippen LogP contribution in [0.15, 0.2) is 84.8 Å². The molecule has 0 saturated carbocycles. The van der Waals surface area contributed by atoms with Gasteiger partial charge in [0.15, 0.2) is 0 Å². The summed E-state index contributed by atoms with van der Waals surface area (Å²) < 4.78 is 0. The number of hydrogen-bond acceptors (Lipinski definition) is 4. The third-order valence-corrected chi connectivity index (χ3v) is 5.54. The van der Waals surface area contributed by atoms with Crippen LogP contribution in [0.3, 0.4) is 0 Å². The molecule has 1 aromatic heterocycles. The molecule has 156 valence electrons. The SMILES string of the molecule is CCN(CCc1ccncc1)C1=C(c2ccccc2)C(=O)N(c2cccc(Cl)c2)C1=O. The number of aromatic nitrogens is 1. The van der Waals surface area contributed by atoms with Crippen molar-refractivity contribution in [3.8, 4) is 0 Å². The first-order valence-electron chi connectivity index (χ1n) is 10.2. The lowest BCUT2D eigenvalue weighted by Gasteiger charge is -2.25. The fourth-order valence-corrected chi connectivity index (χ4v) is 3.95. The molecule has 2 amide bonds. The number of hydrogen-bond donors (Lipinski definition) is 0. The second-order valence-corrected chi connectivity index (χ2v) is 7.64. The van der Waals surface area contributed by atoms with E-state index >= 15 is 0 Å². The highest BCUT2D eigenvalue weighted by Crippen LogP contribution is 2.35. The van der Waals surface area contributed by atoms with E-state index in [0.717, 1.165) is 17.5 Å². The summed E-state index contributed by atoms with van der Waals surface area (Å²) in [5.74, 6) is -0.668. The number of pyridine rings is 1. The molecule has 0 unspecified atom stereocenters. The Hall–Kier alpha value is -3.44. The Bertz CT molecular complexity index is 1130. The van der Waals surface area contributed by atoms with Crippen LogP contribution in [0, 0.1) is 0 Å². The summed E-state index contributed by atoms with van der Waals surface area (Å²) in [4.78, 5) is 34.3. The third-order valence-electron chi connectivity index (χ3n) is 5.31. The summed E-state index contributed by atoms with van der Waals surface area (Å²) in [5, 5.41) is 0.470. The molecule has 0 saturated heterocycles. The second kappa shape index (κ2) is 9.14. The molecule has 0 aliphatic carbocycles. The van der Waals surface area contributed by atoms with E-state index in [2.05, 4.69) is 4.98 Å². The summed E-state index contributed by atoms with van der Waals surface area (Å²) in [6, 6.07) is 20.1. The van der Waals surface area contributed by atoms with Crippen LogP contribution in [0.2, 0.25) is 5.02 Å². The van der Waals surface area contributed by atoms with Crippen molar-refractivity contribution >= 4 is 34.7 Å². The molecule has 6 heteroatoms. The molecule has 0 spiro atoms. The van der Waals surface area contributed by atoms with E-state index in [1.807, 2.05) is 54.3 Å². The molecular formula is C25H22ClN3O2. The molecule has 0 atom stereocenters. The average Bonchev–Trinajstić information content (AvgIpc) is 3.05. The van der Waals surface area contributed by atoms with E-state index < -0.39 is 0 Å². The predicted octanol–water partition coefficient (Wildman–Crippen LogP) is 4.58. The molecule has 0 fully saturated rings. The maximum absolute atomic E-state index is 13.6. The van der Waals surface area contributed by atoms with Gasteiger partial charge >= 0.3 is 0 Å². The van der Waals surface area contributed by atoms with Gasteiger partial charge in [0.05, 0.1) is 11.3 Å². The minimum atomic E-state index is -0.337. The molecule has 4 rings (SSSR count). The molecule has 1 aliphatic rings. The molecule has 31 heavy (non-hydrogen) atoms. The minimum Gasteiger partial charge on any atom is -0.366 e. The molecule has 0 radical (unpaired) electrons. The number of nitrogens with zero attached hydrogens (tertiary/aromatic N) is 3. The summed E-state index contributed by atoms with van der Waals surface area (Å²) >= 11 is 6.14. The molecule has 2 heterocycles. The van der Waals surface area contributed by atoms with E-state index in [1.54, 1.807) is 36.7 Å². The van der Waals surface area contributed by atoms with Gasteiger partial charge in [-0.2, -0.15) is 0 Å². The monoisotopic (exact) mass is 431 g/mol. The number of imide groups is 1. The number of amides is 2. The number of halogens is 1. The molecule has 0 N–H and O–H groups in total. The van der Waals surface area contributed by atoms with Gasteiger partial charge in [-0.3, -0.25) is 14.6 Å². The van der Waals surface area contributed by atoms with Crippen molar-refractivity contribution in [2.24, 2.45) is 0 Å². The molecule has 2 aromatic carbocycles. The van der Waals surface area contributed by atoms with Gasteiger partial charge in [-0.1, -0.05) is 48.0 Å². The topological polar surface area (TPSA) is 53.5 Å². The fourth-order valence-electron chi connectivity index (χ4n) is 3.77. The van der Waals surface area contributed by atoms with Crippen LogP contribution in [0.4, 0.5) is 5.69 Å². The van der Waals surface area contributed by atoms with Crippen molar-refractivity contribution in [1.29, 1.82) is 0 Å². The molecule has 5 nitrogen and oxygen atoms in total. The van der Waals surface area contributed by atoms with Crippen LogP contribution < -0.4 is 4.90 Å². The zero-order valence-electron chi connectivity index (χ0n) is 17.2. The highest BCUT2D eigenvalue weighted by atomic mass is 35.5. The van der Waals surface area contributed by atoms with Crippen LogP contribution in [-0.2, 0) is 16.0 Å². The minimum absolute atomic E-state index is 0.331. The van der Waals surface area contributed by atoms with Crippen molar-refractivity contribution in [1.82, 2.24) is 9.88 Å². The Labute approximate surface area is 186 Å². The first-order chi connectivity index (χ1) is 15.1. The third kappa shape index (κ3) is 4.23. The lowest BCUT2D eigenvalue weighted by Crippen LogP contribution is -2.36. The Balaban J connectivity index is 1.75. The number of carbonyl (C=O) groups excluding carboxylic acids is 2. The number of benzene rings is 2. The Morgan fingerprint density at radius 3 is 2.35 bits per heavy atom. The predicted molar refractivity (Wildman–Crippen MR) is 122 cm³/mol. The first-order valence-corrected chi connectivity index (χ1v) is 10.6. The number of anilines is 1.